The number of methoxy groups -OCH3 is 1. The van der Waals surface area contributed by atoms with Crippen molar-refractivity contribution in [1.82, 2.24) is 10.2 Å². The second-order valence-electron chi connectivity index (χ2n) is 7.49. The molecule has 0 aliphatic carbocycles. The first-order valence-corrected chi connectivity index (χ1v) is 10.5. The molecule has 1 heterocycles. The molecule has 0 saturated heterocycles. The van der Waals surface area contributed by atoms with Crippen LogP contribution >= 0.6 is 11.6 Å². The first kappa shape index (κ1) is 20.9. The topological polar surface area (TPSA) is 58.6 Å². The fourth-order valence-electron chi connectivity index (χ4n) is 3.81. The normalized spacial score (nSPS) is 13.6. The summed E-state index contributed by atoms with van der Waals surface area (Å²) in [4.78, 5) is 27.7. The summed E-state index contributed by atoms with van der Waals surface area (Å²) >= 11 is 5.92. The van der Waals surface area contributed by atoms with Gasteiger partial charge in [-0.1, -0.05) is 54.1 Å². The van der Waals surface area contributed by atoms with Crippen LogP contribution in [0.3, 0.4) is 0 Å². The zero-order chi connectivity index (χ0) is 21.8. The van der Waals surface area contributed by atoms with Gasteiger partial charge in [0.2, 0.25) is 5.91 Å². The quantitative estimate of drug-likeness (QED) is 0.583. The summed E-state index contributed by atoms with van der Waals surface area (Å²) in [5.74, 6) is 0.548. The minimum Gasteiger partial charge on any atom is -0.497 e. The summed E-state index contributed by atoms with van der Waals surface area (Å²) in [5, 5.41) is 3.61. The molecule has 1 aliphatic rings. The fraction of sp³-hybridized carbons (Fsp3) is 0.200. The second-order valence-corrected chi connectivity index (χ2v) is 7.92. The van der Waals surface area contributed by atoms with Crippen LogP contribution in [0.15, 0.2) is 72.8 Å². The highest BCUT2D eigenvalue weighted by Gasteiger charge is 2.34. The molecule has 3 aromatic carbocycles. The van der Waals surface area contributed by atoms with Crippen LogP contribution in [0.2, 0.25) is 5.02 Å². The highest BCUT2D eigenvalue weighted by molar-refractivity contribution is 6.30. The summed E-state index contributed by atoms with van der Waals surface area (Å²) in [6, 6.07) is 22.1. The molecule has 0 saturated carbocycles. The molecule has 5 nitrogen and oxygen atoms in total. The third-order valence-electron chi connectivity index (χ3n) is 5.51. The van der Waals surface area contributed by atoms with E-state index in [-0.39, 0.29) is 24.3 Å². The number of carbonyl (C=O) groups is 2. The van der Waals surface area contributed by atoms with Gasteiger partial charge in [0.15, 0.2) is 0 Å². The number of ether oxygens (including phenoxy) is 1. The van der Waals surface area contributed by atoms with Crippen LogP contribution in [0.5, 0.6) is 5.75 Å². The van der Waals surface area contributed by atoms with Gasteiger partial charge in [-0.2, -0.15) is 0 Å². The van der Waals surface area contributed by atoms with E-state index in [1.807, 2.05) is 60.7 Å². The number of hydrogen-bond acceptors (Lipinski definition) is 3. The summed E-state index contributed by atoms with van der Waals surface area (Å²) in [6.07, 6.45) is 0.166. The summed E-state index contributed by atoms with van der Waals surface area (Å²) in [6.45, 7) is 0.885. The second kappa shape index (κ2) is 9.23. The van der Waals surface area contributed by atoms with Gasteiger partial charge in [-0.15, -0.1) is 0 Å². The Bertz CT molecular complexity index is 1080. The lowest BCUT2D eigenvalue weighted by Crippen LogP contribution is -2.34. The number of rotatable bonds is 7. The molecular formula is C25H23ClN2O3. The molecule has 0 aromatic heterocycles. The van der Waals surface area contributed by atoms with Gasteiger partial charge in [0, 0.05) is 23.7 Å². The lowest BCUT2D eigenvalue weighted by Gasteiger charge is -2.28. The van der Waals surface area contributed by atoms with Crippen LogP contribution in [0.4, 0.5) is 0 Å². The van der Waals surface area contributed by atoms with E-state index < -0.39 is 0 Å². The van der Waals surface area contributed by atoms with E-state index in [4.69, 9.17) is 16.3 Å². The molecule has 1 aliphatic heterocycles. The van der Waals surface area contributed by atoms with Crippen LogP contribution in [0.25, 0.3) is 0 Å². The van der Waals surface area contributed by atoms with Gasteiger partial charge < -0.3 is 15.0 Å². The van der Waals surface area contributed by atoms with E-state index in [0.29, 0.717) is 23.7 Å². The van der Waals surface area contributed by atoms with Crippen molar-refractivity contribution < 1.29 is 14.3 Å². The van der Waals surface area contributed by atoms with Gasteiger partial charge in [-0.25, -0.2) is 0 Å². The predicted octanol–water partition coefficient (Wildman–Crippen LogP) is 4.75. The lowest BCUT2D eigenvalue weighted by atomic mass is 10.0. The van der Waals surface area contributed by atoms with Crippen molar-refractivity contribution in [3.63, 3.8) is 0 Å². The van der Waals surface area contributed by atoms with Gasteiger partial charge in [0.1, 0.15) is 5.75 Å². The Hall–Kier alpha value is -3.31. The number of halogens is 1. The molecule has 3 aromatic rings. The Morgan fingerprint density at radius 2 is 1.77 bits per heavy atom. The number of nitrogens with zero attached hydrogens (tertiary/aromatic N) is 1. The SMILES string of the molecule is COc1ccc(C(CC(=O)NCc2ccc(Cl)cc2)N2Cc3ccccc3C2=O)cc1. The first-order valence-electron chi connectivity index (χ1n) is 10.1. The van der Waals surface area contributed by atoms with E-state index in [1.165, 1.54) is 0 Å². The molecule has 2 amide bonds. The smallest absolute Gasteiger partial charge is 0.255 e. The Morgan fingerprint density at radius 1 is 1.06 bits per heavy atom. The molecule has 1 N–H and O–H groups in total. The Morgan fingerprint density at radius 3 is 2.45 bits per heavy atom. The highest BCUT2D eigenvalue weighted by Crippen LogP contribution is 2.34. The molecule has 158 valence electrons. The van der Waals surface area contributed by atoms with E-state index in [1.54, 1.807) is 24.1 Å². The van der Waals surface area contributed by atoms with Crippen molar-refractivity contribution in [1.29, 1.82) is 0 Å². The van der Waals surface area contributed by atoms with Crippen molar-refractivity contribution in [2.75, 3.05) is 7.11 Å². The Kier molecular flexibility index (Phi) is 6.23. The van der Waals surface area contributed by atoms with E-state index >= 15 is 0 Å². The minimum atomic E-state index is -0.379. The number of nitrogens with one attached hydrogen (secondary N) is 1. The zero-order valence-electron chi connectivity index (χ0n) is 17.2. The summed E-state index contributed by atoms with van der Waals surface area (Å²) < 4.78 is 5.25. The van der Waals surface area contributed by atoms with E-state index in [9.17, 15) is 9.59 Å². The average molecular weight is 435 g/mol. The largest absolute Gasteiger partial charge is 0.497 e. The maximum Gasteiger partial charge on any atom is 0.255 e. The van der Waals surface area contributed by atoms with Crippen molar-refractivity contribution in [2.45, 2.75) is 25.6 Å². The summed E-state index contributed by atoms with van der Waals surface area (Å²) in [7, 11) is 1.61. The van der Waals surface area contributed by atoms with Crippen molar-refractivity contribution in [2.24, 2.45) is 0 Å². The number of fused-ring (bicyclic) bond motifs is 1. The van der Waals surface area contributed by atoms with Crippen LogP contribution in [-0.2, 0) is 17.9 Å². The molecule has 6 heteroatoms. The predicted molar refractivity (Wildman–Crippen MR) is 120 cm³/mol. The highest BCUT2D eigenvalue weighted by atomic mass is 35.5. The molecule has 1 unspecified atom stereocenters. The molecule has 0 spiro atoms. The Labute approximate surface area is 186 Å². The third kappa shape index (κ3) is 4.72. The van der Waals surface area contributed by atoms with Crippen LogP contribution in [-0.4, -0.2) is 23.8 Å². The number of benzene rings is 3. The minimum absolute atomic E-state index is 0.0538. The van der Waals surface area contributed by atoms with Gasteiger partial charge in [0.25, 0.3) is 5.91 Å². The van der Waals surface area contributed by atoms with Gasteiger partial charge >= 0.3 is 0 Å². The zero-order valence-corrected chi connectivity index (χ0v) is 17.9. The molecule has 1 atom stereocenters. The van der Waals surface area contributed by atoms with Crippen LogP contribution in [0.1, 0.15) is 39.5 Å². The monoisotopic (exact) mass is 434 g/mol. The van der Waals surface area contributed by atoms with Gasteiger partial charge in [-0.3, -0.25) is 9.59 Å². The van der Waals surface area contributed by atoms with Crippen LogP contribution < -0.4 is 10.1 Å². The first-order chi connectivity index (χ1) is 15.0. The average Bonchev–Trinajstić information content (AvgIpc) is 3.13. The number of carbonyl (C=O) groups excluding carboxylic acids is 2. The lowest BCUT2D eigenvalue weighted by molar-refractivity contribution is -0.122. The third-order valence-corrected chi connectivity index (χ3v) is 5.76. The van der Waals surface area contributed by atoms with Crippen molar-refractivity contribution >= 4 is 23.4 Å². The van der Waals surface area contributed by atoms with Crippen LogP contribution in [0, 0.1) is 0 Å². The maximum atomic E-state index is 13.1. The molecule has 0 fully saturated rings. The number of hydrogen-bond donors (Lipinski definition) is 1. The molecule has 4 rings (SSSR count). The Balaban J connectivity index is 1.53. The van der Waals surface area contributed by atoms with E-state index in [0.717, 1.165) is 22.4 Å². The molecule has 0 bridgehead atoms. The molecule has 0 radical (unpaired) electrons. The van der Waals surface area contributed by atoms with Gasteiger partial charge in [-0.05, 0) is 47.0 Å². The van der Waals surface area contributed by atoms with Crippen molar-refractivity contribution in [3.05, 3.63) is 100 Å². The van der Waals surface area contributed by atoms with Gasteiger partial charge in [0.05, 0.1) is 19.6 Å². The van der Waals surface area contributed by atoms with E-state index in [2.05, 4.69) is 5.32 Å². The number of amides is 2. The standard InChI is InChI=1S/C25H23ClN2O3/c1-31-21-12-8-18(9-13-21)23(28-16-19-4-2-3-5-22(19)25(28)30)14-24(29)27-15-17-6-10-20(26)11-7-17/h2-13,23H,14-16H2,1H3,(H,27,29). The maximum absolute atomic E-state index is 13.1. The molecule has 31 heavy (non-hydrogen) atoms. The fourth-order valence-corrected chi connectivity index (χ4v) is 3.94. The van der Waals surface area contributed by atoms with Crippen molar-refractivity contribution in [3.8, 4) is 5.75 Å². The molecular weight excluding hydrogens is 412 g/mol. The summed E-state index contributed by atoms with van der Waals surface area (Å²) in [5.41, 5.74) is 3.53.